The largest absolute Gasteiger partial charge is 0.432 e. The van der Waals surface area contributed by atoms with Crippen LogP contribution in [0.1, 0.15) is 43.3 Å². The monoisotopic (exact) mass is 543 g/mol. The molecule has 7 N–H and O–H groups in total. The van der Waals surface area contributed by atoms with E-state index in [4.69, 9.17) is 10.5 Å². The number of nitrogens with one attached hydrogen (secondary N) is 2. The minimum Gasteiger partial charge on any atom is -0.432 e. The zero-order chi connectivity index (χ0) is 27.7. The van der Waals surface area contributed by atoms with Crippen LogP contribution in [0.3, 0.4) is 0 Å². The predicted octanol–water partition coefficient (Wildman–Crippen LogP) is 1.54. The van der Waals surface area contributed by atoms with E-state index in [1.165, 1.54) is 6.33 Å². The molecule has 0 bridgehead atoms. The number of hydrogen-bond donors (Lipinski definition) is 6. The van der Waals surface area contributed by atoms with Crippen LogP contribution in [0.25, 0.3) is 11.2 Å². The number of ether oxygens (including phenoxy) is 1. The van der Waals surface area contributed by atoms with Crippen molar-refractivity contribution in [3.8, 4) is 0 Å². The minimum absolute atomic E-state index is 0.264. The third kappa shape index (κ3) is 5.94. The van der Waals surface area contributed by atoms with Gasteiger partial charge in [-0.1, -0.05) is 32.0 Å². The SMILES string of the molecule is CC(C)(C[C@H]1C(O)[C@@H](CCNC(N)O)O[C@H]1n1cnc2c(NC(=O)c3ccccc3)ncnc21)[Si](C)(C)O. The molecule has 0 radical (unpaired) electrons. The molecule has 1 aliphatic heterocycles. The quantitative estimate of drug-likeness (QED) is 0.162. The number of carbonyl (C=O) groups excluding carboxylic acids is 1. The lowest BCUT2D eigenvalue weighted by molar-refractivity contribution is -0.0259. The van der Waals surface area contributed by atoms with Gasteiger partial charge in [0.05, 0.1) is 18.5 Å². The lowest BCUT2D eigenvalue weighted by Gasteiger charge is -2.38. The van der Waals surface area contributed by atoms with E-state index in [9.17, 15) is 19.8 Å². The van der Waals surface area contributed by atoms with E-state index in [1.807, 2.05) is 33.0 Å². The Morgan fingerprint density at radius 1 is 1.24 bits per heavy atom. The van der Waals surface area contributed by atoms with Crippen molar-refractivity contribution < 1.29 is 24.5 Å². The zero-order valence-corrected chi connectivity index (χ0v) is 23.1. The van der Waals surface area contributed by atoms with E-state index < -0.39 is 38.1 Å². The van der Waals surface area contributed by atoms with E-state index in [0.29, 0.717) is 36.1 Å². The number of aromatic nitrogens is 4. The summed E-state index contributed by atoms with van der Waals surface area (Å²) in [4.78, 5) is 36.8. The Hall–Kier alpha value is -2.78. The molecule has 38 heavy (non-hydrogen) atoms. The highest BCUT2D eigenvalue weighted by molar-refractivity contribution is 6.72. The number of nitrogens with zero attached hydrogens (tertiary/aromatic N) is 4. The van der Waals surface area contributed by atoms with Gasteiger partial charge in [0.2, 0.25) is 0 Å². The zero-order valence-electron chi connectivity index (χ0n) is 22.1. The van der Waals surface area contributed by atoms with Gasteiger partial charge < -0.3 is 25.1 Å². The number of benzene rings is 1. The summed E-state index contributed by atoms with van der Waals surface area (Å²) in [6, 6.07) is 8.80. The van der Waals surface area contributed by atoms with E-state index in [1.54, 1.807) is 35.2 Å². The van der Waals surface area contributed by atoms with Crippen LogP contribution < -0.4 is 16.4 Å². The maximum atomic E-state index is 12.7. The van der Waals surface area contributed by atoms with Crippen LogP contribution >= 0.6 is 0 Å². The van der Waals surface area contributed by atoms with Crippen LogP contribution in [0.2, 0.25) is 18.1 Å². The number of imidazole rings is 1. The van der Waals surface area contributed by atoms with Crippen molar-refractivity contribution in [2.75, 3.05) is 11.9 Å². The van der Waals surface area contributed by atoms with E-state index in [2.05, 4.69) is 25.6 Å². The second-order valence-corrected chi connectivity index (χ2v) is 15.4. The van der Waals surface area contributed by atoms with Crippen molar-refractivity contribution in [3.05, 3.63) is 48.5 Å². The van der Waals surface area contributed by atoms with Gasteiger partial charge in [-0.05, 0) is 43.1 Å². The molecule has 3 aromatic rings. The standard InChI is InChI=1S/C25H37N7O5Si/c1-25(2,38(3,4)36)12-16-19(33)17(10-11-27-24(26)35)37-23(16)32-14-30-18-20(28-13-29-21(18)32)31-22(34)15-8-6-5-7-9-15/h5-9,13-14,16-17,19,23-24,27,33,35-36H,10-12,26H2,1-4H3,(H,28,29,31,34)/t16-,17+,19?,23+,24?/m0/s1. The number of carbonyl (C=O) groups is 1. The lowest BCUT2D eigenvalue weighted by Crippen LogP contribution is -2.42. The van der Waals surface area contributed by atoms with E-state index in [0.717, 1.165) is 0 Å². The molecule has 1 saturated heterocycles. The Bertz CT molecular complexity index is 1250. The number of amides is 1. The smallest absolute Gasteiger partial charge is 0.256 e. The molecule has 2 aromatic heterocycles. The third-order valence-corrected chi connectivity index (χ3v) is 11.1. The molecule has 3 heterocycles. The summed E-state index contributed by atoms with van der Waals surface area (Å²) < 4.78 is 8.11. The molecular formula is C25H37N7O5Si. The van der Waals surface area contributed by atoms with E-state index in [-0.39, 0.29) is 17.6 Å². The highest BCUT2D eigenvalue weighted by Crippen LogP contribution is 2.49. The summed E-state index contributed by atoms with van der Waals surface area (Å²) in [6.07, 6.45) is 0.629. The summed E-state index contributed by atoms with van der Waals surface area (Å²) in [5.74, 6) is -0.442. The molecule has 13 heteroatoms. The number of aliphatic hydroxyl groups is 2. The topological polar surface area (TPSA) is 181 Å². The molecule has 0 saturated carbocycles. The highest BCUT2D eigenvalue weighted by Gasteiger charge is 2.50. The predicted molar refractivity (Wildman–Crippen MR) is 144 cm³/mol. The highest BCUT2D eigenvalue weighted by atomic mass is 28.4. The molecule has 0 spiro atoms. The molecule has 1 aliphatic rings. The maximum Gasteiger partial charge on any atom is 0.256 e. The molecule has 4 rings (SSSR count). The summed E-state index contributed by atoms with van der Waals surface area (Å²) in [6.45, 7) is 8.12. The third-order valence-electron chi connectivity index (χ3n) is 7.59. The van der Waals surface area contributed by atoms with Crippen LogP contribution in [-0.4, -0.2) is 73.9 Å². The van der Waals surface area contributed by atoms with E-state index >= 15 is 0 Å². The van der Waals surface area contributed by atoms with Gasteiger partial charge in [0.25, 0.3) is 5.91 Å². The average molecular weight is 544 g/mol. The van der Waals surface area contributed by atoms with Gasteiger partial charge in [-0.3, -0.25) is 20.4 Å². The van der Waals surface area contributed by atoms with Crippen LogP contribution in [0, 0.1) is 5.92 Å². The van der Waals surface area contributed by atoms with Crippen LogP contribution in [0.5, 0.6) is 0 Å². The Morgan fingerprint density at radius 3 is 2.61 bits per heavy atom. The molecular weight excluding hydrogens is 506 g/mol. The number of fused-ring (bicyclic) bond motifs is 1. The second kappa shape index (κ2) is 11.1. The number of nitrogens with two attached hydrogens (primary N) is 1. The Balaban J connectivity index is 1.65. The summed E-state index contributed by atoms with van der Waals surface area (Å²) in [5, 5.41) is 25.8. The molecule has 0 aliphatic carbocycles. The maximum absolute atomic E-state index is 12.7. The fourth-order valence-electron chi connectivity index (χ4n) is 4.65. The number of hydrogen-bond acceptors (Lipinski definition) is 10. The summed E-state index contributed by atoms with van der Waals surface area (Å²) >= 11 is 0. The normalized spacial score (nSPS) is 23.1. The van der Waals surface area contributed by atoms with Crippen molar-refractivity contribution in [3.63, 3.8) is 0 Å². The van der Waals surface area contributed by atoms with Crippen molar-refractivity contribution in [2.24, 2.45) is 11.7 Å². The molecule has 2 unspecified atom stereocenters. The first kappa shape index (κ1) is 28.2. The Kier molecular flexibility index (Phi) is 8.28. The van der Waals surface area contributed by atoms with Crippen molar-refractivity contribution in [2.45, 2.75) is 69.6 Å². The van der Waals surface area contributed by atoms with Gasteiger partial charge in [-0.25, -0.2) is 15.0 Å². The first-order valence-corrected chi connectivity index (χ1v) is 15.6. The van der Waals surface area contributed by atoms with Crippen molar-refractivity contribution >= 4 is 31.2 Å². The molecule has 206 valence electrons. The summed E-state index contributed by atoms with van der Waals surface area (Å²) in [5.41, 5.74) is 6.70. The fourth-order valence-corrected chi connectivity index (χ4v) is 5.38. The van der Waals surface area contributed by atoms with Gasteiger partial charge >= 0.3 is 0 Å². The molecule has 1 amide bonds. The van der Waals surface area contributed by atoms with Crippen molar-refractivity contribution in [1.29, 1.82) is 0 Å². The van der Waals surface area contributed by atoms with Gasteiger partial charge in [0.15, 0.2) is 31.7 Å². The van der Waals surface area contributed by atoms with Gasteiger partial charge in [-0.2, -0.15) is 0 Å². The first-order chi connectivity index (χ1) is 17.9. The first-order valence-electron chi connectivity index (χ1n) is 12.7. The Labute approximate surface area is 222 Å². The molecule has 1 aromatic carbocycles. The molecule has 1 fully saturated rings. The molecule has 12 nitrogen and oxygen atoms in total. The van der Waals surface area contributed by atoms with Gasteiger partial charge in [0, 0.05) is 18.0 Å². The number of anilines is 1. The lowest BCUT2D eigenvalue weighted by atomic mass is 9.89. The van der Waals surface area contributed by atoms with Crippen LogP contribution in [0.4, 0.5) is 5.82 Å². The average Bonchev–Trinajstić information content (AvgIpc) is 3.41. The van der Waals surface area contributed by atoms with Gasteiger partial charge in [-0.15, -0.1) is 0 Å². The van der Waals surface area contributed by atoms with Crippen LogP contribution in [0.15, 0.2) is 43.0 Å². The van der Waals surface area contributed by atoms with Gasteiger partial charge in [0.1, 0.15) is 12.6 Å². The Morgan fingerprint density at radius 2 is 1.95 bits per heavy atom. The number of aliphatic hydroxyl groups excluding tert-OH is 2. The second-order valence-electron chi connectivity index (χ2n) is 10.9. The summed E-state index contributed by atoms with van der Waals surface area (Å²) in [7, 11) is -2.60. The molecule has 5 atom stereocenters. The fraction of sp³-hybridized carbons (Fsp3) is 0.520. The van der Waals surface area contributed by atoms with Crippen molar-refractivity contribution in [1.82, 2.24) is 24.8 Å². The van der Waals surface area contributed by atoms with Crippen LogP contribution in [-0.2, 0) is 4.74 Å². The minimum atomic E-state index is -2.60. The number of rotatable bonds is 10.